The minimum atomic E-state index is -1.68. The van der Waals surface area contributed by atoms with Gasteiger partial charge in [-0.1, -0.05) is 91.8 Å². The second-order valence-electron chi connectivity index (χ2n) is 25.0. The van der Waals surface area contributed by atoms with Gasteiger partial charge >= 0.3 is 5.97 Å². The molecule has 2 aromatic carbocycles. The van der Waals surface area contributed by atoms with E-state index in [0.29, 0.717) is 32.9 Å². The Kier molecular flexibility index (Phi) is 30.7. The molecule has 0 fully saturated rings. The molecule has 0 radical (unpaired) electrons. The molecule has 2 aromatic heterocycles. The normalized spacial score (nSPS) is 14.2. The highest BCUT2D eigenvalue weighted by Crippen LogP contribution is 2.22. The molecule has 24 N–H and O–H groups in total. The minimum absolute atomic E-state index is 0.0159. The van der Waals surface area contributed by atoms with Gasteiger partial charge in [0.25, 0.3) is 0 Å². The number of carboxylic acid groups (broad SMARTS) is 1. The molecule has 0 spiro atoms. The number of nitrogens with zero attached hydrogens (tertiary/aromatic N) is 2. The first kappa shape index (κ1) is 76.6. The summed E-state index contributed by atoms with van der Waals surface area (Å²) in [5.74, 6) is -11.1. The maximum Gasteiger partial charge on any atom is 0.326 e. The fourth-order valence-corrected chi connectivity index (χ4v) is 10.3. The Hall–Kier alpha value is -9.81. The van der Waals surface area contributed by atoms with Gasteiger partial charge in [0.15, 0.2) is 11.9 Å². The largest absolute Gasteiger partial charge is 0.480 e. The van der Waals surface area contributed by atoms with Crippen LogP contribution in [-0.2, 0) is 65.6 Å². The van der Waals surface area contributed by atoms with E-state index in [0.717, 1.165) is 0 Å². The highest BCUT2D eigenvalue weighted by molar-refractivity contribution is 5.99. The highest BCUT2D eigenvalue weighted by atomic mass is 16.4. The van der Waals surface area contributed by atoms with Crippen LogP contribution in [0.2, 0.25) is 0 Å². The summed E-state index contributed by atoms with van der Waals surface area (Å²) in [6.07, 6.45) is 2.47. The van der Waals surface area contributed by atoms with Crippen molar-refractivity contribution in [3.63, 3.8) is 0 Å². The quantitative estimate of drug-likeness (QED) is 0.0139. The Morgan fingerprint density at radius 1 is 0.457 bits per heavy atom. The first-order valence-corrected chi connectivity index (χ1v) is 31.5. The Bertz CT molecular complexity index is 3310. The van der Waals surface area contributed by atoms with E-state index in [4.69, 9.17) is 34.4 Å². The molecule has 31 nitrogen and oxygen atoms in total. The number of primary amides is 1. The molecule has 0 saturated heterocycles. The number of aromatic amines is 2. The van der Waals surface area contributed by atoms with Gasteiger partial charge in [0.05, 0.1) is 19.0 Å². The lowest BCUT2D eigenvalue weighted by molar-refractivity contribution is -0.143. The summed E-state index contributed by atoms with van der Waals surface area (Å²) < 4.78 is 0. The maximum absolute atomic E-state index is 14.9. The number of hydrogen-bond donors (Lipinski definition) is 18. The number of rotatable bonds is 40. The predicted octanol–water partition coefficient (Wildman–Crippen LogP) is -1.38. The van der Waals surface area contributed by atoms with Gasteiger partial charge in [0.1, 0.15) is 48.3 Å². The van der Waals surface area contributed by atoms with Crippen LogP contribution in [0.1, 0.15) is 118 Å². The molecule has 4 rings (SSSR count). The van der Waals surface area contributed by atoms with Gasteiger partial charge < -0.3 is 97.3 Å². The number of carbonyl (C=O) groups is 11. The SMILES string of the molecule is CC(C)C[C@H](NC(=O)[C@H](CCCN=C(N)N)NC(=O)[C@H](Cc1c[nH]c2ccccc12)NC(=O)[C@H](CCCN=C(N)N)NC(=O)[C@H](Cc1c[nH]c2ccccc12)NC(=O)CNC(=O)[C@H](CC(N)=O)NC(=O)[C@H](CC(C)C)NC(=O)[C@H](CC(C)C)NC(=O)[C@@H](N)C(C)C)C(=O)O. The van der Waals surface area contributed by atoms with Crippen molar-refractivity contribution >= 4 is 98.8 Å². The van der Waals surface area contributed by atoms with E-state index in [1.807, 2.05) is 13.8 Å². The second kappa shape index (κ2) is 37.6. The van der Waals surface area contributed by atoms with Crippen LogP contribution in [0, 0.1) is 23.7 Å². The number of benzene rings is 2. The Balaban J connectivity index is 1.67. The summed E-state index contributed by atoms with van der Waals surface area (Å²) in [6.45, 7) is 13.5. The molecular formula is C63H97N19O12. The van der Waals surface area contributed by atoms with Crippen molar-refractivity contribution in [2.24, 2.45) is 68.1 Å². The number of para-hydroxylation sites is 2. The molecule has 31 heteroatoms. The number of guanidine groups is 2. The number of aliphatic imine (C=N–C) groups is 2. The zero-order valence-electron chi connectivity index (χ0n) is 54.8. The van der Waals surface area contributed by atoms with Crippen LogP contribution in [0.25, 0.3) is 21.8 Å². The monoisotopic (exact) mass is 1310 g/mol. The van der Waals surface area contributed by atoms with Crippen LogP contribution in [0.3, 0.4) is 0 Å². The van der Waals surface area contributed by atoms with E-state index in [1.165, 1.54) is 0 Å². The molecule has 4 aromatic rings. The first-order chi connectivity index (χ1) is 44.3. The molecular weight excluding hydrogens is 1210 g/mol. The van der Waals surface area contributed by atoms with E-state index < -0.39 is 132 Å². The molecule has 2 heterocycles. The third-order valence-electron chi connectivity index (χ3n) is 15.1. The fraction of sp³-hybridized carbons (Fsp3) is 0.540. The van der Waals surface area contributed by atoms with Crippen molar-refractivity contribution in [1.82, 2.24) is 57.8 Å². The average Bonchev–Trinajstić information content (AvgIpc) is 1.76. The number of aliphatic carboxylic acids is 1. The molecule has 0 aliphatic rings. The van der Waals surface area contributed by atoms with E-state index in [-0.39, 0.29) is 106 Å². The van der Waals surface area contributed by atoms with Crippen LogP contribution < -0.4 is 82.3 Å². The predicted molar refractivity (Wildman–Crippen MR) is 355 cm³/mol. The molecule has 94 heavy (non-hydrogen) atoms. The number of hydrogen-bond acceptors (Lipinski definition) is 14. The minimum Gasteiger partial charge on any atom is -0.480 e. The smallest absolute Gasteiger partial charge is 0.326 e. The summed E-state index contributed by atoms with van der Waals surface area (Å²) in [5, 5.41) is 35.0. The summed E-state index contributed by atoms with van der Waals surface area (Å²) in [4.78, 5) is 166. The van der Waals surface area contributed by atoms with Crippen LogP contribution in [0.4, 0.5) is 0 Å². The van der Waals surface area contributed by atoms with Gasteiger partial charge in [0, 0.05) is 60.1 Å². The molecule has 10 amide bonds. The van der Waals surface area contributed by atoms with Crippen LogP contribution in [0.15, 0.2) is 70.9 Å². The van der Waals surface area contributed by atoms with Crippen LogP contribution in [-0.4, -0.2) is 166 Å². The van der Waals surface area contributed by atoms with Crippen molar-refractivity contribution < 1.29 is 57.8 Å². The second-order valence-corrected chi connectivity index (χ2v) is 25.0. The summed E-state index contributed by atoms with van der Waals surface area (Å²) >= 11 is 0. The average molecular weight is 1310 g/mol. The number of H-pyrrole nitrogens is 2. The molecule has 516 valence electrons. The third kappa shape index (κ3) is 25.7. The van der Waals surface area contributed by atoms with Gasteiger partial charge in [-0.25, -0.2) is 4.79 Å². The van der Waals surface area contributed by atoms with Crippen LogP contribution >= 0.6 is 0 Å². The Morgan fingerprint density at radius 2 is 0.819 bits per heavy atom. The molecule has 0 unspecified atom stereocenters. The van der Waals surface area contributed by atoms with Gasteiger partial charge in [-0.3, -0.25) is 57.9 Å². The molecule has 0 bridgehead atoms. The lowest BCUT2D eigenvalue weighted by Gasteiger charge is -2.27. The molecule has 0 aliphatic carbocycles. The van der Waals surface area contributed by atoms with Crippen molar-refractivity contribution in [3.05, 3.63) is 72.1 Å². The van der Waals surface area contributed by atoms with E-state index in [2.05, 4.69) is 67.8 Å². The van der Waals surface area contributed by atoms with Crippen molar-refractivity contribution in [3.8, 4) is 0 Å². The lowest BCUT2D eigenvalue weighted by Crippen LogP contribution is -2.60. The maximum atomic E-state index is 14.9. The Labute approximate surface area is 546 Å². The number of amides is 10. The zero-order chi connectivity index (χ0) is 69.9. The number of fused-ring (bicyclic) bond motifs is 2. The fourth-order valence-electron chi connectivity index (χ4n) is 10.3. The Morgan fingerprint density at radius 3 is 1.23 bits per heavy atom. The molecule has 0 saturated carbocycles. The van der Waals surface area contributed by atoms with Crippen LogP contribution in [0.5, 0.6) is 0 Å². The van der Waals surface area contributed by atoms with Gasteiger partial charge in [0.2, 0.25) is 59.1 Å². The molecule has 9 atom stereocenters. The van der Waals surface area contributed by atoms with Crippen molar-refractivity contribution in [1.29, 1.82) is 0 Å². The summed E-state index contributed by atoms with van der Waals surface area (Å²) in [7, 11) is 0. The topological polar surface area (TPSA) is 529 Å². The summed E-state index contributed by atoms with van der Waals surface area (Å²) in [6, 6.07) is 2.16. The van der Waals surface area contributed by atoms with Gasteiger partial charge in [-0.05, 0) is 91.9 Å². The number of carbonyl (C=O) groups excluding carboxylic acids is 10. The number of nitrogens with two attached hydrogens (primary N) is 6. The number of nitrogens with one attached hydrogen (secondary N) is 11. The zero-order valence-corrected chi connectivity index (χ0v) is 54.8. The van der Waals surface area contributed by atoms with Crippen molar-refractivity contribution in [2.45, 2.75) is 174 Å². The van der Waals surface area contributed by atoms with E-state index >= 15 is 0 Å². The van der Waals surface area contributed by atoms with Gasteiger partial charge in [-0.15, -0.1) is 0 Å². The lowest BCUT2D eigenvalue weighted by atomic mass is 9.98. The number of aromatic nitrogens is 2. The first-order valence-electron chi connectivity index (χ1n) is 31.5. The van der Waals surface area contributed by atoms with Gasteiger partial charge in [-0.2, -0.15) is 0 Å². The summed E-state index contributed by atoms with van der Waals surface area (Å²) in [5.41, 5.74) is 36.5. The molecule has 0 aliphatic heterocycles. The number of carboxylic acids is 1. The highest BCUT2D eigenvalue weighted by Gasteiger charge is 2.36. The van der Waals surface area contributed by atoms with Crippen molar-refractivity contribution in [2.75, 3.05) is 19.6 Å². The van der Waals surface area contributed by atoms with E-state index in [1.54, 1.807) is 102 Å². The standard InChI is InChI=1S/C63H97N19O12/c1-32(2)23-44(78-57(89)45(24-33(3)4)81-60(92)52(65)35(7)8)56(88)80-48(28-50(64)83)53(85)74-31-51(84)75-46(26-36-29-72-40-17-11-9-15-38(36)40)58(90)76-42(19-13-21-70-62(66)67)54(86)79-47(27-37-30-73-41-18-12-10-16-39(37)41)59(91)77-43(20-14-22-71-63(68)69)55(87)82-49(61(93)94)25-34(5)6/h9-12,15-18,29-30,32-35,42-49,52,72-73H,13-14,19-28,31,65H2,1-8H3,(H2,64,83)(H,74,85)(H,75,84)(H,76,90)(H,77,91)(H,78,89)(H,79,86)(H,80,88)(H,81,92)(H,82,87)(H,93,94)(H4,66,67,70)(H4,68,69,71)/t42-,43-,44-,45-,46-,47-,48-,49-,52-/m0/s1. The van der Waals surface area contributed by atoms with E-state index in [9.17, 15) is 57.8 Å². The third-order valence-corrected chi connectivity index (χ3v) is 15.1.